The molecule has 1 saturated heterocycles. The van der Waals surface area contributed by atoms with Gasteiger partial charge in [0.1, 0.15) is 5.17 Å². The Balaban J connectivity index is 2.13. The summed E-state index contributed by atoms with van der Waals surface area (Å²) >= 11 is 12.4. The summed E-state index contributed by atoms with van der Waals surface area (Å²) in [5, 5.41) is 0.268. The monoisotopic (exact) mass is 283 g/mol. The van der Waals surface area contributed by atoms with Gasteiger partial charge in [0.05, 0.1) is 0 Å². The van der Waals surface area contributed by atoms with Gasteiger partial charge >= 0.3 is 5.97 Å². The summed E-state index contributed by atoms with van der Waals surface area (Å²) in [4.78, 5) is 14.7. The van der Waals surface area contributed by atoms with Crippen molar-refractivity contribution >= 4 is 34.3 Å². The molecule has 0 aliphatic carbocycles. The summed E-state index contributed by atoms with van der Waals surface area (Å²) < 4.78 is 5.31. The SMILES string of the molecule is C[C@@]12C[C@H](c3ccccc3)[C@@](Cl)(N=C1Cl)C(=O)O2. The predicted octanol–water partition coefficient (Wildman–Crippen LogP) is 3.06. The van der Waals surface area contributed by atoms with E-state index in [9.17, 15) is 4.79 Å². The van der Waals surface area contributed by atoms with Gasteiger partial charge in [-0.3, -0.25) is 0 Å². The number of ether oxygens (including phenoxy) is 1. The molecule has 0 radical (unpaired) electrons. The molecule has 94 valence electrons. The van der Waals surface area contributed by atoms with Crippen molar-refractivity contribution in [3.63, 3.8) is 0 Å². The molecule has 1 aromatic rings. The molecule has 3 aliphatic rings. The van der Waals surface area contributed by atoms with Crippen LogP contribution in [0.15, 0.2) is 35.3 Å². The quantitative estimate of drug-likeness (QED) is 0.451. The van der Waals surface area contributed by atoms with E-state index in [0.717, 1.165) is 5.56 Å². The molecular weight excluding hydrogens is 273 g/mol. The van der Waals surface area contributed by atoms with Crippen LogP contribution in [0.3, 0.4) is 0 Å². The van der Waals surface area contributed by atoms with Crippen LogP contribution in [0.1, 0.15) is 24.8 Å². The summed E-state index contributed by atoms with van der Waals surface area (Å²) in [7, 11) is 0. The maximum Gasteiger partial charge on any atom is 0.351 e. The first-order valence-corrected chi connectivity index (χ1v) is 6.44. The van der Waals surface area contributed by atoms with E-state index in [-0.39, 0.29) is 11.1 Å². The molecule has 0 spiro atoms. The highest BCUT2D eigenvalue weighted by Crippen LogP contribution is 2.52. The Morgan fingerprint density at radius 2 is 2.06 bits per heavy atom. The second-order valence-electron chi connectivity index (χ2n) is 4.86. The number of hydrogen-bond donors (Lipinski definition) is 0. The van der Waals surface area contributed by atoms with E-state index in [4.69, 9.17) is 27.9 Å². The normalized spacial score (nSPS) is 38.3. The van der Waals surface area contributed by atoms with Gasteiger partial charge < -0.3 is 4.74 Å². The van der Waals surface area contributed by atoms with Gasteiger partial charge in [0.2, 0.25) is 5.00 Å². The van der Waals surface area contributed by atoms with E-state index in [2.05, 4.69) is 4.99 Å². The molecule has 3 atom stereocenters. The highest BCUT2D eigenvalue weighted by Gasteiger charge is 2.61. The first-order valence-electron chi connectivity index (χ1n) is 5.69. The largest absolute Gasteiger partial charge is 0.449 e. The lowest BCUT2D eigenvalue weighted by Crippen LogP contribution is -2.59. The molecule has 4 rings (SSSR count). The summed E-state index contributed by atoms with van der Waals surface area (Å²) in [6, 6.07) is 9.63. The van der Waals surface area contributed by atoms with Crippen molar-refractivity contribution in [3.05, 3.63) is 35.9 Å². The standard InChI is InChI=1S/C13H11Cl2NO2/c1-12-7-9(8-5-3-2-4-6-8)13(15,11(17)18-12)16-10(12)14/h2-6,9H,7H2,1H3/t9-,12-,13-/m1/s1. The zero-order valence-electron chi connectivity index (χ0n) is 9.69. The minimum absolute atomic E-state index is 0.214. The Hall–Kier alpha value is -1.06. The van der Waals surface area contributed by atoms with Crippen LogP contribution in [-0.4, -0.2) is 21.7 Å². The van der Waals surface area contributed by atoms with Crippen LogP contribution in [0.5, 0.6) is 0 Å². The van der Waals surface area contributed by atoms with Crippen LogP contribution in [0.25, 0.3) is 0 Å². The van der Waals surface area contributed by atoms with Crippen molar-refractivity contribution in [1.29, 1.82) is 0 Å². The van der Waals surface area contributed by atoms with E-state index in [0.29, 0.717) is 6.42 Å². The predicted molar refractivity (Wildman–Crippen MR) is 70.2 cm³/mol. The highest BCUT2D eigenvalue weighted by molar-refractivity contribution is 6.68. The van der Waals surface area contributed by atoms with Gasteiger partial charge in [-0.2, -0.15) is 0 Å². The third kappa shape index (κ3) is 1.50. The van der Waals surface area contributed by atoms with E-state index < -0.39 is 16.6 Å². The first-order chi connectivity index (χ1) is 8.46. The molecule has 3 nitrogen and oxygen atoms in total. The van der Waals surface area contributed by atoms with Crippen LogP contribution in [0.4, 0.5) is 0 Å². The first kappa shape index (κ1) is 12.0. The number of alkyl halides is 1. The fourth-order valence-electron chi connectivity index (χ4n) is 2.52. The summed E-state index contributed by atoms with van der Waals surface area (Å²) in [5.74, 6) is -0.731. The molecule has 1 fully saturated rings. The third-order valence-corrected chi connectivity index (χ3v) is 4.55. The molecule has 0 unspecified atom stereocenters. The van der Waals surface area contributed by atoms with Crippen LogP contribution < -0.4 is 0 Å². The number of rotatable bonds is 1. The zero-order valence-corrected chi connectivity index (χ0v) is 11.2. The average molecular weight is 284 g/mol. The van der Waals surface area contributed by atoms with Gasteiger partial charge in [-0.1, -0.05) is 53.5 Å². The van der Waals surface area contributed by atoms with Crippen LogP contribution in [0.2, 0.25) is 0 Å². The Bertz CT molecular complexity index is 545. The van der Waals surface area contributed by atoms with Crippen LogP contribution in [-0.2, 0) is 9.53 Å². The van der Waals surface area contributed by atoms with E-state index in [1.54, 1.807) is 6.92 Å². The van der Waals surface area contributed by atoms with E-state index in [1.165, 1.54) is 0 Å². The Kier molecular flexibility index (Phi) is 2.48. The van der Waals surface area contributed by atoms with Crippen molar-refractivity contribution in [2.45, 2.75) is 29.9 Å². The highest BCUT2D eigenvalue weighted by atomic mass is 35.5. The molecule has 1 aromatic carbocycles. The third-order valence-electron chi connectivity index (χ3n) is 3.56. The van der Waals surface area contributed by atoms with Crippen molar-refractivity contribution in [3.8, 4) is 0 Å². The second-order valence-corrected chi connectivity index (χ2v) is 5.80. The van der Waals surface area contributed by atoms with Crippen LogP contribution >= 0.6 is 23.2 Å². The minimum atomic E-state index is -1.42. The number of carbonyl (C=O) groups excluding carboxylic acids is 1. The van der Waals surface area contributed by atoms with Gasteiger partial charge in [0, 0.05) is 12.3 Å². The lowest BCUT2D eigenvalue weighted by Gasteiger charge is -2.48. The lowest BCUT2D eigenvalue weighted by atomic mass is 9.77. The topological polar surface area (TPSA) is 38.7 Å². The Morgan fingerprint density at radius 1 is 1.39 bits per heavy atom. The van der Waals surface area contributed by atoms with Gasteiger partial charge in [0.25, 0.3) is 0 Å². The smallest absolute Gasteiger partial charge is 0.351 e. The van der Waals surface area contributed by atoms with Gasteiger partial charge in [0.15, 0.2) is 5.60 Å². The van der Waals surface area contributed by atoms with E-state index >= 15 is 0 Å². The fourth-order valence-corrected chi connectivity index (χ4v) is 3.14. The van der Waals surface area contributed by atoms with Gasteiger partial charge in [-0.25, -0.2) is 9.79 Å². The molecule has 0 N–H and O–H groups in total. The summed E-state index contributed by atoms with van der Waals surface area (Å²) in [6.45, 7) is 1.77. The average Bonchev–Trinajstić information content (AvgIpc) is 2.34. The van der Waals surface area contributed by atoms with Crippen molar-refractivity contribution in [1.82, 2.24) is 0 Å². The number of fused-ring (bicyclic) bond motifs is 2. The number of hydrogen-bond acceptors (Lipinski definition) is 3. The maximum absolute atomic E-state index is 12.0. The second kappa shape index (κ2) is 3.72. The Labute approximate surface area is 115 Å². The maximum atomic E-state index is 12.0. The van der Waals surface area contributed by atoms with Crippen LogP contribution in [0, 0.1) is 0 Å². The van der Waals surface area contributed by atoms with Gasteiger partial charge in [-0.05, 0) is 12.5 Å². The van der Waals surface area contributed by atoms with Crippen molar-refractivity contribution < 1.29 is 9.53 Å². The Morgan fingerprint density at radius 3 is 2.72 bits per heavy atom. The molecular formula is C13H11Cl2NO2. The van der Waals surface area contributed by atoms with Crippen molar-refractivity contribution in [2.75, 3.05) is 0 Å². The molecule has 2 bridgehead atoms. The van der Waals surface area contributed by atoms with Crippen molar-refractivity contribution in [2.24, 2.45) is 4.99 Å². The molecule has 0 aromatic heterocycles. The molecule has 0 saturated carbocycles. The van der Waals surface area contributed by atoms with E-state index in [1.807, 2.05) is 30.3 Å². The summed E-state index contributed by atoms with van der Waals surface area (Å²) in [6.07, 6.45) is 0.550. The number of esters is 1. The zero-order chi connectivity index (χ0) is 13.0. The molecule has 3 aliphatic heterocycles. The molecule has 5 heteroatoms. The molecule has 0 amide bonds. The number of nitrogens with zero attached hydrogens (tertiary/aromatic N) is 1. The number of carbonyl (C=O) groups is 1. The minimum Gasteiger partial charge on any atom is -0.449 e. The molecule has 18 heavy (non-hydrogen) atoms. The number of halogens is 2. The summed E-state index contributed by atoms with van der Waals surface area (Å²) in [5.41, 5.74) is 0.124. The fraction of sp³-hybridized carbons (Fsp3) is 0.385. The number of aliphatic imine (C=N–C) groups is 1. The molecule has 3 heterocycles. The van der Waals surface area contributed by atoms with Gasteiger partial charge in [-0.15, -0.1) is 0 Å². The lowest BCUT2D eigenvalue weighted by molar-refractivity contribution is -0.166. The number of benzene rings is 1.